The number of sulfonamides is 1. The molecule has 1 saturated heterocycles. The zero-order valence-electron chi connectivity index (χ0n) is 15.4. The summed E-state index contributed by atoms with van der Waals surface area (Å²) in [5.74, 6) is -0.949. The quantitative estimate of drug-likeness (QED) is 0.811. The Bertz CT molecular complexity index is 972. The maximum atomic E-state index is 13.1. The molecule has 1 heterocycles. The molecular formula is C19H20ClFN2O4S. The average Bonchev–Trinajstić information content (AvgIpc) is 2.63. The lowest BCUT2D eigenvalue weighted by Crippen LogP contribution is -2.48. The first-order chi connectivity index (χ1) is 13.2. The largest absolute Gasteiger partial charge is 0.373 e. The molecule has 0 radical (unpaired) electrons. The van der Waals surface area contributed by atoms with Crippen molar-refractivity contribution >= 4 is 33.2 Å². The molecule has 0 saturated carbocycles. The molecule has 1 aliphatic rings. The van der Waals surface area contributed by atoms with Crippen LogP contribution in [0.2, 0.25) is 5.02 Å². The highest BCUT2D eigenvalue weighted by Gasteiger charge is 2.33. The number of rotatable bonds is 4. The molecule has 150 valence electrons. The van der Waals surface area contributed by atoms with E-state index in [2.05, 4.69) is 5.32 Å². The number of hydrogen-bond donors (Lipinski definition) is 1. The maximum Gasteiger partial charge on any atom is 0.255 e. The van der Waals surface area contributed by atoms with Crippen LogP contribution in [-0.4, -0.2) is 43.9 Å². The molecule has 1 amide bonds. The van der Waals surface area contributed by atoms with Crippen LogP contribution in [-0.2, 0) is 14.8 Å². The van der Waals surface area contributed by atoms with Crippen molar-refractivity contribution in [3.63, 3.8) is 0 Å². The van der Waals surface area contributed by atoms with E-state index < -0.39 is 21.7 Å². The average molecular weight is 427 g/mol. The second kappa shape index (κ2) is 8.16. The topological polar surface area (TPSA) is 75.7 Å². The van der Waals surface area contributed by atoms with Crippen LogP contribution < -0.4 is 5.32 Å². The number of benzene rings is 2. The van der Waals surface area contributed by atoms with Gasteiger partial charge in [-0.25, -0.2) is 12.8 Å². The van der Waals surface area contributed by atoms with E-state index in [0.29, 0.717) is 5.69 Å². The van der Waals surface area contributed by atoms with Gasteiger partial charge in [0.25, 0.3) is 5.91 Å². The van der Waals surface area contributed by atoms with Crippen molar-refractivity contribution in [3.05, 3.63) is 58.9 Å². The second-order valence-electron chi connectivity index (χ2n) is 6.69. The van der Waals surface area contributed by atoms with Crippen molar-refractivity contribution in [1.29, 1.82) is 0 Å². The van der Waals surface area contributed by atoms with Gasteiger partial charge in [0.05, 0.1) is 17.2 Å². The van der Waals surface area contributed by atoms with Gasteiger partial charge in [0.1, 0.15) is 10.7 Å². The Hall–Kier alpha value is -2.00. The number of morpholine rings is 1. The van der Waals surface area contributed by atoms with Gasteiger partial charge in [-0.2, -0.15) is 4.31 Å². The van der Waals surface area contributed by atoms with Crippen molar-refractivity contribution in [3.8, 4) is 0 Å². The molecule has 0 unspecified atom stereocenters. The Morgan fingerprint density at radius 3 is 2.36 bits per heavy atom. The Balaban J connectivity index is 1.88. The smallest absolute Gasteiger partial charge is 0.255 e. The van der Waals surface area contributed by atoms with Crippen LogP contribution >= 0.6 is 11.6 Å². The third-order valence-corrected chi connectivity index (χ3v) is 6.61. The predicted octanol–water partition coefficient (Wildman–Crippen LogP) is 3.53. The summed E-state index contributed by atoms with van der Waals surface area (Å²) in [4.78, 5) is 12.4. The van der Waals surface area contributed by atoms with Gasteiger partial charge in [-0.1, -0.05) is 11.6 Å². The number of carbonyl (C=O) groups is 1. The standard InChI is InChI=1S/C19H20ClFN2O4S/c1-12-10-23(11-13(2)27-12)28(25,26)18-9-14(3-8-17(18)20)19(24)22-16-6-4-15(21)5-7-16/h3-9,12-13H,10-11H2,1-2H3,(H,22,24)/t12-,13-/m1/s1. The van der Waals surface area contributed by atoms with E-state index >= 15 is 0 Å². The molecule has 9 heteroatoms. The first-order valence-electron chi connectivity index (χ1n) is 8.69. The number of hydrogen-bond acceptors (Lipinski definition) is 4. The Labute approximate surface area is 168 Å². The molecular weight excluding hydrogens is 407 g/mol. The highest BCUT2D eigenvalue weighted by atomic mass is 35.5. The number of nitrogens with one attached hydrogen (secondary N) is 1. The zero-order chi connectivity index (χ0) is 20.5. The van der Waals surface area contributed by atoms with Gasteiger partial charge in [0.2, 0.25) is 10.0 Å². The minimum absolute atomic E-state index is 0.0325. The monoisotopic (exact) mass is 426 g/mol. The number of nitrogens with zero attached hydrogens (tertiary/aromatic N) is 1. The summed E-state index contributed by atoms with van der Waals surface area (Å²) in [7, 11) is -3.90. The highest BCUT2D eigenvalue weighted by molar-refractivity contribution is 7.89. The molecule has 0 aromatic heterocycles. The van der Waals surface area contributed by atoms with Gasteiger partial charge in [0, 0.05) is 24.3 Å². The van der Waals surface area contributed by atoms with E-state index in [1.54, 1.807) is 13.8 Å². The van der Waals surface area contributed by atoms with Crippen molar-refractivity contribution < 1.29 is 22.3 Å². The SMILES string of the molecule is C[C@@H]1CN(S(=O)(=O)c2cc(C(=O)Nc3ccc(F)cc3)ccc2Cl)C[C@@H](C)O1. The fraction of sp³-hybridized carbons (Fsp3) is 0.316. The van der Waals surface area contributed by atoms with E-state index in [9.17, 15) is 17.6 Å². The summed E-state index contributed by atoms with van der Waals surface area (Å²) >= 11 is 6.14. The molecule has 1 aliphatic heterocycles. The van der Waals surface area contributed by atoms with E-state index in [0.717, 1.165) is 0 Å². The van der Waals surface area contributed by atoms with Crippen LogP contribution in [0.5, 0.6) is 0 Å². The molecule has 0 bridgehead atoms. The number of halogens is 2. The molecule has 0 aliphatic carbocycles. The summed E-state index contributed by atoms with van der Waals surface area (Å²) < 4.78 is 46.1. The van der Waals surface area contributed by atoms with Crippen LogP contribution in [0.15, 0.2) is 47.4 Å². The fourth-order valence-corrected chi connectivity index (χ4v) is 5.14. The summed E-state index contributed by atoms with van der Waals surface area (Å²) in [6.07, 6.45) is -0.496. The van der Waals surface area contributed by atoms with E-state index in [1.165, 1.54) is 46.8 Å². The predicted molar refractivity (Wildman–Crippen MR) is 105 cm³/mol. The summed E-state index contributed by atoms with van der Waals surface area (Å²) in [6.45, 7) is 4.00. The maximum absolute atomic E-state index is 13.1. The van der Waals surface area contributed by atoms with Gasteiger partial charge < -0.3 is 10.1 Å². The van der Waals surface area contributed by atoms with Crippen LogP contribution in [0.25, 0.3) is 0 Å². The summed E-state index contributed by atoms with van der Waals surface area (Å²) in [5, 5.41) is 2.63. The Morgan fingerprint density at radius 1 is 1.14 bits per heavy atom. The van der Waals surface area contributed by atoms with Crippen molar-refractivity contribution in [2.45, 2.75) is 31.0 Å². The first kappa shape index (κ1) is 20.7. The number of anilines is 1. The molecule has 6 nitrogen and oxygen atoms in total. The van der Waals surface area contributed by atoms with E-state index in [1.807, 2.05) is 0 Å². The molecule has 2 aromatic carbocycles. The summed E-state index contributed by atoms with van der Waals surface area (Å²) in [5.41, 5.74) is 0.517. The Kier molecular flexibility index (Phi) is 6.04. The Morgan fingerprint density at radius 2 is 1.75 bits per heavy atom. The van der Waals surface area contributed by atoms with Crippen molar-refractivity contribution in [2.24, 2.45) is 0 Å². The molecule has 28 heavy (non-hydrogen) atoms. The fourth-order valence-electron chi connectivity index (χ4n) is 3.04. The van der Waals surface area contributed by atoms with Gasteiger partial charge in [0.15, 0.2) is 0 Å². The highest BCUT2D eigenvalue weighted by Crippen LogP contribution is 2.28. The molecule has 1 fully saturated rings. The third kappa shape index (κ3) is 4.52. The van der Waals surface area contributed by atoms with Gasteiger partial charge in [-0.15, -0.1) is 0 Å². The molecule has 3 rings (SSSR count). The van der Waals surface area contributed by atoms with E-state index in [-0.39, 0.29) is 40.8 Å². The third-order valence-electron chi connectivity index (χ3n) is 4.30. The van der Waals surface area contributed by atoms with Crippen LogP contribution in [0.3, 0.4) is 0 Å². The molecule has 0 spiro atoms. The normalized spacial score (nSPS) is 20.7. The van der Waals surface area contributed by atoms with Gasteiger partial charge in [-0.05, 0) is 56.3 Å². The minimum atomic E-state index is -3.90. The molecule has 1 N–H and O–H groups in total. The number of carbonyl (C=O) groups excluding carboxylic acids is 1. The lowest BCUT2D eigenvalue weighted by atomic mass is 10.2. The van der Waals surface area contributed by atoms with E-state index in [4.69, 9.17) is 16.3 Å². The van der Waals surface area contributed by atoms with Crippen LogP contribution in [0.4, 0.5) is 10.1 Å². The zero-order valence-corrected chi connectivity index (χ0v) is 16.9. The lowest BCUT2D eigenvalue weighted by Gasteiger charge is -2.34. The number of amides is 1. The van der Waals surface area contributed by atoms with Crippen molar-refractivity contribution in [1.82, 2.24) is 4.31 Å². The first-order valence-corrected chi connectivity index (χ1v) is 10.5. The minimum Gasteiger partial charge on any atom is -0.373 e. The molecule has 2 aromatic rings. The van der Waals surface area contributed by atoms with Crippen molar-refractivity contribution in [2.75, 3.05) is 18.4 Å². The second-order valence-corrected chi connectivity index (χ2v) is 9.00. The number of ether oxygens (including phenoxy) is 1. The lowest BCUT2D eigenvalue weighted by molar-refractivity contribution is -0.0440. The van der Waals surface area contributed by atoms with Crippen LogP contribution in [0, 0.1) is 5.82 Å². The van der Waals surface area contributed by atoms with Crippen LogP contribution in [0.1, 0.15) is 24.2 Å². The molecule has 2 atom stereocenters. The van der Waals surface area contributed by atoms with Gasteiger partial charge >= 0.3 is 0 Å². The summed E-state index contributed by atoms with van der Waals surface area (Å²) in [6, 6.07) is 9.32. The van der Waals surface area contributed by atoms with Gasteiger partial charge in [-0.3, -0.25) is 4.79 Å².